The van der Waals surface area contributed by atoms with Crippen LogP contribution in [0.25, 0.3) is 0 Å². The molecule has 0 aliphatic carbocycles. The molecule has 1 aromatic rings. The SMILES string of the molecule is O=C(O)C1(Cc2ccc(O)cc2)CCOCC1. The maximum absolute atomic E-state index is 11.4. The second-order valence-electron chi connectivity index (χ2n) is 4.54. The van der Waals surface area contributed by atoms with Crippen LogP contribution in [0.5, 0.6) is 5.75 Å². The van der Waals surface area contributed by atoms with Gasteiger partial charge in [0.05, 0.1) is 5.41 Å². The van der Waals surface area contributed by atoms with Crippen molar-refractivity contribution in [1.29, 1.82) is 0 Å². The zero-order valence-corrected chi connectivity index (χ0v) is 9.56. The van der Waals surface area contributed by atoms with E-state index in [9.17, 15) is 15.0 Å². The van der Waals surface area contributed by atoms with E-state index in [1.807, 2.05) is 0 Å². The molecular weight excluding hydrogens is 220 g/mol. The van der Waals surface area contributed by atoms with Gasteiger partial charge in [-0.25, -0.2) is 0 Å². The molecule has 0 bridgehead atoms. The molecule has 0 atom stereocenters. The van der Waals surface area contributed by atoms with Crippen LogP contribution in [0.1, 0.15) is 18.4 Å². The van der Waals surface area contributed by atoms with Crippen LogP contribution in [-0.2, 0) is 16.0 Å². The van der Waals surface area contributed by atoms with Gasteiger partial charge in [0.2, 0.25) is 0 Å². The number of carboxylic acids is 1. The molecule has 1 aromatic carbocycles. The zero-order chi connectivity index (χ0) is 12.3. The van der Waals surface area contributed by atoms with E-state index in [-0.39, 0.29) is 5.75 Å². The minimum atomic E-state index is -0.756. The third kappa shape index (κ3) is 2.58. The summed E-state index contributed by atoms with van der Waals surface area (Å²) in [6, 6.07) is 6.72. The Kier molecular flexibility index (Phi) is 3.33. The highest BCUT2D eigenvalue weighted by Gasteiger charge is 2.40. The highest BCUT2D eigenvalue weighted by atomic mass is 16.5. The normalized spacial score (nSPS) is 18.8. The van der Waals surface area contributed by atoms with Crippen molar-refractivity contribution in [3.05, 3.63) is 29.8 Å². The molecule has 0 amide bonds. The number of aromatic hydroxyl groups is 1. The number of benzene rings is 1. The predicted octanol–water partition coefficient (Wildman–Crippen LogP) is 1.82. The van der Waals surface area contributed by atoms with E-state index < -0.39 is 11.4 Å². The van der Waals surface area contributed by atoms with Gasteiger partial charge in [0.25, 0.3) is 0 Å². The summed E-state index contributed by atoms with van der Waals surface area (Å²) in [5.74, 6) is -0.557. The topological polar surface area (TPSA) is 66.8 Å². The highest BCUT2D eigenvalue weighted by molar-refractivity contribution is 5.75. The number of hydrogen-bond donors (Lipinski definition) is 2. The minimum absolute atomic E-state index is 0.199. The number of aliphatic carboxylic acids is 1. The maximum atomic E-state index is 11.4. The average Bonchev–Trinajstić information content (AvgIpc) is 2.33. The lowest BCUT2D eigenvalue weighted by Gasteiger charge is -2.33. The Balaban J connectivity index is 2.17. The summed E-state index contributed by atoms with van der Waals surface area (Å²) in [6.07, 6.45) is 1.58. The summed E-state index contributed by atoms with van der Waals surface area (Å²) >= 11 is 0. The van der Waals surface area contributed by atoms with Crippen LogP contribution >= 0.6 is 0 Å². The van der Waals surface area contributed by atoms with Crippen LogP contribution < -0.4 is 0 Å². The summed E-state index contributed by atoms with van der Waals surface area (Å²) in [6.45, 7) is 1.01. The van der Waals surface area contributed by atoms with Crippen molar-refractivity contribution in [2.24, 2.45) is 5.41 Å². The van der Waals surface area contributed by atoms with Crippen LogP contribution in [0, 0.1) is 5.41 Å². The zero-order valence-electron chi connectivity index (χ0n) is 9.56. The van der Waals surface area contributed by atoms with Crippen molar-refractivity contribution in [2.75, 3.05) is 13.2 Å². The largest absolute Gasteiger partial charge is 0.508 e. The third-order valence-corrected chi connectivity index (χ3v) is 3.38. The fourth-order valence-electron chi connectivity index (χ4n) is 2.23. The Hall–Kier alpha value is -1.55. The molecule has 0 saturated carbocycles. The summed E-state index contributed by atoms with van der Waals surface area (Å²) in [4.78, 5) is 11.4. The van der Waals surface area contributed by atoms with Gasteiger partial charge < -0.3 is 14.9 Å². The quantitative estimate of drug-likeness (QED) is 0.840. The number of hydrogen-bond acceptors (Lipinski definition) is 3. The molecule has 1 saturated heterocycles. The summed E-state index contributed by atoms with van der Waals surface area (Å²) in [5, 5.41) is 18.6. The van der Waals surface area contributed by atoms with E-state index in [1.54, 1.807) is 24.3 Å². The molecule has 17 heavy (non-hydrogen) atoms. The number of phenols is 1. The number of rotatable bonds is 3. The van der Waals surface area contributed by atoms with Crippen molar-refractivity contribution in [1.82, 2.24) is 0 Å². The Bertz CT molecular complexity index is 390. The molecule has 92 valence electrons. The molecular formula is C13H16O4. The van der Waals surface area contributed by atoms with Gasteiger partial charge >= 0.3 is 5.97 Å². The van der Waals surface area contributed by atoms with E-state index in [2.05, 4.69) is 0 Å². The summed E-state index contributed by atoms with van der Waals surface area (Å²) in [7, 11) is 0. The van der Waals surface area contributed by atoms with Crippen molar-refractivity contribution in [3.8, 4) is 5.75 Å². The second kappa shape index (κ2) is 4.75. The molecule has 0 spiro atoms. The van der Waals surface area contributed by atoms with Crippen molar-refractivity contribution in [2.45, 2.75) is 19.3 Å². The van der Waals surface area contributed by atoms with Gasteiger partial charge in [-0.3, -0.25) is 4.79 Å². The van der Waals surface area contributed by atoms with Gasteiger partial charge in [-0.05, 0) is 37.0 Å². The van der Waals surface area contributed by atoms with Crippen LogP contribution in [0.15, 0.2) is 24.3 Å². The van der Waals surface area contributed by atoms with Crippen molar-refractivity contribution < 1.29 is 19.7 Å². The van der Waals surface area contributed by atoms with E-state index in [0.29, 0.717) is 32.5 Å². The number of carboxylic acid groups (broad SMARTS) is 1. The molecule has 1 heterocycles. The van der Waals surface area contributed by atoms with Gasteiger partial charge in [-0.2, -0.15) is 0 Å². The van der Waals surface area contributed by atoms with Crippen molar-refractivity contribution >= 4 is 5.97 Å². The first-order chi connectivity index (χ1) is 8.12. The molecule has 1 aliphatic heterocycles. The lowest BCUT2D eigenvalue weighted by molar-refractivity contribution is -0.154. The smallest absolute Gasteiger partial charge is 0.310 e. The first kappa shape index (κ1) is 11.9. The molecule has 1 aliphatic rings. The standard InChI is InChI=1S/C13H16O4/c14-11-3-1-10(2-4-11)9-13(12(15)16)5-7-17-8-6-13/h1-4,14H,5-9H2,(H,15,16). The highest BCUT2D eigenvalue weighted by Crippen LogP contribution is 2.34. The van der Waals surface area contributed by atoms with E-state index in [0.717, 1.165) is 5.56 Å². The minimum Gasteiger partial charge on any atom is -0.508 e. The Labute approximate surface area is 99.8 Å². The van der Waals surface area contributed by atoms with Crippen LogP contribution in [0.2, 0.25) is 0 Å². The molecule has 2 rings (SSSR count). The molecule has 4 heteroatoms. The Morgan fingerprint density at radius 1 is 1.24 bits per heavy atom. The van der Waals surface area contributed by atoms with Crippen LogP contribution in [0.3, 0.4) is 0 Å². The van der Waals surface area contributed by atoms with Crippen LogP contribution in [0.4, 0.5) is 0 Å². The van der Waals surface area contributed by atoms with E-state index in [4.69, 9.17) is 4.74 Å². The van der Waals surface area contributed by atoms with Crippen molar-refractivity contribution in [3.63, 3.8) is 0 Å². The second-order valence-corrected chi connectivity index (χ2v) is 4.54. The lowest BCUT2D eigenvalue weighted by atomic mass is 9.75. The molecule has 0 aromatic heterocycles. The van der Waals surface area contributed by atoms with Gasteiger partial charge in [-0.15, -0.1) is 0 Å². The molecule has 0 unspecified atom stereocenters. The van der Waals surface area contributed by atoms with Crippen LogP contribution in [-0.4, -0.2) is 29.4 Å². The van der Waals surface area contributed by atoms with Gasteiger partial charge in [0.15, 0.2) is 0 Å². The molecule has 1 fully saturated rings. The number of carbonyl (C=O) groups is 1. The first-order valence-electron chi connectivity index (χ1n) is 5.71. The van der Waals surface area contributed by atoms with Gasteiger partial charge in [-0.1, -0.05) is 12.1 Å². The summed E-state index contributed by atoms with van der Waals surface area (Å²) < 4.78 is 5.23. The van der Waals surface area contributed by atoms with E-state index >= 15 is 0 Å². The third-order valence-electron chi connectivity index (χ3n) is 3.38. The monoisotopic (exact) mass is 236 g/mol. The predicted molar refractivity (Wildman–Crippen MR) is 61.9 cm³/mol. The molecule has 4 nitrogen and oxygen atoms in total. The number of ether oxygens (including phenoxy) is 1. The fraction of sp³-hybridized carbons (Fsp3) is 0.462. The fourth-order valence-corrected chi connectivity index (χ4v) is 2.23. The summed E-state index contributed by atoms with van der Waals surface area (Å²) in [5.41, 5.74) is 0.224. The Morgan fingerprint density at radius 2 is 1.82 bits per heavy atom. The molecule has 0 radical (unpaired) electrons. The average molecular weight is 236 g/mol. The lowest BCUT2D eigenvalue weighted by Crippen LogP contribution is -2.39. The molecule has 2 N–H and O–H groups in total. The van der Waals surface area contributed by atoms with Gasteiger partial charge in [0.1, 0.15) is 5.75 Å². The Morgan fingerprint density at radius 3 is 2.35 bits per heavy atom. The number of phenolic OH excluding ortho intramolecular Hbond substituents is 1. The first-order valence-corrected chi connectivity index (χ1v) is 5.71. The van der Waals surface area contributed by atoms with Gasteiger partial charge in [0, 0.05) is 13.2 Å². The van der Waals surface area contributed by atoms with E-state index in [1.165, 1.54) is 0 Å². The maximum Gasteiger partial charge on any atom is 0.310 e.